The summed E-state index contributed by atoms with van der Waals surface area (Å²) in [6.07, 6.45) is 2.16. The number of aryl methyl sites for hydroxylation is 1. The SMILES string of the molecule is Cc1nnc(N2CCCC2CN)c(C#N)c1C. The first-order valence-electron chi connectivity index (χ1n) is 5.89. The average Bonchev–Trinajstić information content (AvgIpc) is 2.80. The van der Waals surface area contributed by atoms with E-state index < -0.39 is 0 Å². The lowest BCUT2D eigenvalue weighted by atomic mass is 10.1. The highest BCUT2D eigenvalue weighted by Gasteiger charge is 2.27. The van der Waals surface area contributed by atoms with Gasteiger partial charge in [-0.25, -0.2) is 0 Å². The third kappa shape index (κ3) is 1.96. The summed E-state index contributed by atoms with van der Waals surface area (Å²) >= 11 is 0. The molecule has 1 fully saturated rings. The first kappa shape index (κ1) is 11.8. The van der Waals surface area contributed by atoms with E-state index in [1.165, 1.54) is 0 Å². The molecule has 2 heterocycles. The summed E-state index contributed by atoms with van der Waals surface area (Å²) in [4.78, 5) is 2.12. The van der Waals surface area contributed by atoms with Crippen molar-refractivity contribution in [3.05, 3.63) is 16.8 Å². The largest absolute Gasteiger partial charge is 0.350 e. The second-order valence-electron chi connectivity index (χ2n) is 4.45. The number of rotatable bonds is 2. The number of anilines is 1. The van der Waals surface area contributed by atoms with Gasteiger partial charge in [-0.2, -0.15) is 10.4 Å². The van der Waals surface area contributed by atoms with Gasteiger partial charge < -0.3 is 10.6 Å². The zero-order valence-corrected chi connectivity index (χ0v) is 10.3. The molecule has 1 aliphatic rings. The standard InChI is InChI=1S/C12H17N5/c1-8-9(2)15-16-12(11(8)7-14)17-5-3-4-10(17)6-13/h10H,3-6,13H2,1-2H3. The lowest BCUT2D eigenvalue weighted by Gasteiger charge is -2.25. The number of nitriles is 1. The highest BCUT2D eigenvalue weighted by atomic mass is 15.3. The van der Waals surface area contributed by atoms with Crippen LogP contribution in [0.15, 0.2) is 0 Å². The number of nitrogens with two attached hydrogens (primary N) is 1. The van der Waals surface area contributed by atoms with Crippen LogP contribution in [-0.4, -0.2) is 29.3 Å². The number of nitrogens with zero attached hydrogens (tertiary/aromatic N) is 4. The molecule has 5 nitrogen and oxygen atoms in total. The molecule has 0 aromatic carbocycles. The van der Waals surface area contributed by atoms with Crippen molar-refractivity contribution in [1.29, 1.82) is 5.26 Å². The molecule has 1 aromatic rings. The van der Waals surface area contributed by atoms with E-state index in [-0.39, 0.29) is 0 Å². The van der Waals surface area contributed by atoms with E-state index in [1.807, 2.05) is 13.8 Å². The van der Waals surface area contributed by atoms with Crippen LogP contribution in [0.5, 0.6) is 0 Å². The molecular formula is C12H17N5. The Kier molecular flexibility index (Phi) is 3.25. The van der Waals surface area contributed by atoms with Crippen LogP contribution in [0.2, 0.25) is 0 Å². The molecule has 0 saturated carbocycles. The van der Waals surface area contributed by atoms with Gasteiger partial charge in [0, 0.05) is 19.1 Å². The maximum atomic E-state index is 9.27. The van der Waals surface area contributed by atoms with Gasteiger partial charge >= 0.3 is 0 Å². The summed E-state index contributed by atoms with van der Waals surface area (Å²) in [6.45, 7) is 5.30. The van der Waals surface area contributed by atoms with E-state index in [1.54, 1.807) is 0 Å². The molecule has 0 spiro atoms. The van der Waals surface area contributed by atoms with Crippen LogP contribution < -0.4 is 10.6 Å². The molecule has 1 aromatic heterocycles. The Morgan fingerprint density at radius 1 is 1.47 bits per heavy atom. The lowest BCUT2D eigenvalue weighted by molar-refractivity contribution is 0.665. The Morgan fingerprint density at radius 3 is 2.88 bits per heavy atom. The van der Waals surface area contributed by atoms with Crippen LogP contribution >= 0.6 is 0 Å². The smallest absolute Gasteiger partial charge is 0.169 e. The summed E-state index contributed by atoms with van der Waals surface area (Å²) in [6, 6.07) is 2.53. The molecule has 1 unspecified atom stereocenters. The van der Waals surface area contributed by atoms with Gasteiger partial charge in [0.1, 0.15) is 11.6 Å². The quantitative estimate of drug-likeness (QED) is 0.817. The predicted octanol–water partition coefficient (Wildman–Crippen LogP) is 0.893. The van der Waals surface area contributed by atoms with Crippen LogP contribution in [0.25, 0.3) is 0 Å². The van der Waals surface area contributed by atoms with Crippen LogP contribution in [-0.2, 0) is 0 Å². The monoisotopic (exact) mass is 231 g/mol. The van der Waals surface area contributed by atoms with E-state index in [0.717, 1.165) is 30.6 Å². The molecule has 1 saturated heterocycles. The zero-order valence-electron chi connectivity index (χ0n) is 10.3. The molecule has 17 heavy (non-hydrogen) atoms. The normalized spacial score (nSPS) is 19.4. The van der Waals surface area contributed by atoms with Crippen LogP contribution in [0.4, 0.5) is 5.82 Å². The van der Waals surface area contributed by atoms with Crippen molar-refractivity contribution >= 4 is 5.82 Å². The minimum atomic E-state index is 0.290. The van der Waals surface area contributed by atoms with E-state index in [4.69, 9.17) is 5.73 Å². The zero-order chi connectivity index (χ0) is 12.4. The van der Waals surface area contributed by atoms with Gasteiger partial charge in [0.25, 0.3) is 0 Å². The van der Waals surface area contributed by atoms with Crippen molar-refractivity contribution in [3.8, 4) is 6.07 Å². The number of hydrogen-bond acceptors (Lipinski definition) is 5. The predicted molar refractivity (Wildman–Crippen MR) is 65.6 cm³/mol. The van der Waals surface area contributed by atoms with Crippen LogP contribution in [0, 0.1) is 25.2 Å². The molecule has 2 rings (SSSR count). The second kappa shape index (κ2) is 4.68. The fraction of sp³-hybridized carbons (Fsp3) is 0.583. The van der Waals surface area contributed by atoms with E-state index >= 15 is 0 Å². The van der Waals surface area contributed by atoms with Gasteiger partial charge in [0.15, 0.2) is 5.82 Å². The molecule has 5 heteroatoms. The molecule has 1 atom stereocenters. The molecule has 1 aliphatic heterocycles. The third-order valence-electron chi connectivity index (χ3n) is 3.47. The number of aromatic nitrogens is 2. The summed E-state index contributed by atoms with van der Waals surface area (Å²) in [5.41, 5.74) is 8.12. The van der Waals surface area contributed by atoms with Crippen molar-refractivity contribution in [2.45, 2.75) is 32.7 Å². The molecule has 0 amide bonds. The Morgan fingerprint density at radius 2 is 2.24 bits per heavy atom. The van der Waals surface area contributed by atoms with Gasteiger partial charge in [-0.15, -0.1) is 5.10 Å². The molecule has 90 valence electrons. The van der Waals surface area contributed by atoms with Crippen LogP contribution in [0.1, 0.15) is 29.7 Å². The minimum absolute atomic E-state index is 0.290. The van der Waals surface area contributed by atoms with E-state index in [0.29, 0.717) is 24.0 Å². The average molecular weight is 231 g/mol. The highest BCUT2D eigenvalue weighted by molar-refractivity contribution is 5.58. The maximum Gasteiger partial charge on any atom is 0.169 e. The lowest BCUT2D eigenvalue weighted by Crippen LogP contribution is -2.36. The molecule has 0 radical (unpaired) electrons. The van der Waals surface area contributed by atoms with Gasteiger partial charge in [-0.05, 0) is 32.3 Å². The second-order valence-corrected chi connectivity index (χ2v) is 4.45. The van der Waals surface area contributed by atoms with Gasteiger partial charge in [0.05, 0.1) is 5.69 Å². The van der Waals surface area contributed by atoms with Crippen LogP contribution in [0.3, 0.4) is 0 Å². The molecular weight excluding hydrogens is 214 g/mol. The maximum absolute atomic E-state index is 9.27. The molecule has 2 N–H and O–H groups in total. The van der Waals surface area contributed by atoms with E-state index in [2.05, 4.69) is 21.2 Å². The van der Waals surface area contributed by atoms with Gasteiger partial charge in [-0.1, -0.05) is 0 Å². The van der Waals surface area contributed by atoms with Crippen molar-refractivity contribution in [3.63, 3.8) is 0 Å². The topological polar surface area (TPSA) is 78.8 Å². The highest BCUT2D eigenvalue weighted by Crippen LogP contribution is 2.27. The summed E-state index contributed by atoms with van der Waals surface area (Å²) in [7, 11) is 0. The van der Waals surface area contributed by atoms with Crippen molar-refractivity contribution in [1.82, 2.24) is 10.2 Å². The molecule has 0 bridgehead atoms. The Bertz CT molecular complexity index is 463. The fourth-order valence-corrected chi connectivity index (χ4v) is 2.29. The Labute approximate surface area is 101 Å². The number of hydrogen-bond donors (Lipinski definition) is 1. The molecule has 0 aliphatic carbocycles. The summed E-state index contributed by atoms with van der Waals surface area (Å²) < 4.78 is 0. The summed E-state index contributed by atoms with van der Waals surface area (Å²) in [5, 5.41) is 17.6. The minimum Gasteiger partial charge on any atom is -0.350 e. The first-order valence-corrected chi connectivity index (χ1v) is 5.89. The van der Waals surface area contributed by atoms with E-state index in [9.17, 15) is 5.26 Å². The Hall–Kier alpha value is -1.67. The Balaban J connectivity index is 2.46. The fourth-order valence-electron chi connectivity index (χ4n) is 2.29. The van der Waals surface area contributed by atoms with Crippen molar-refractivity contribution in [2.75, 3.05) is 18.0 Å². The summed E-state index contributed by atoms with van der Waals surface area (Å²) in [5.74, 6) is 0.698. The van der Waals surface area contributed by atoms with Crippen molar-refractivity contribution in [2.24, 2.45) is 5.73 Å². The first-order chi connectivity index (χ1) is 8.19. The van der Waals surface area contributed by atoms with Gasteiger partial charge in [0.2, 0.25) is 0 Å². The third-order valence-corrected chi connectivity index (χ3v) is 3.47. The van der Waals surface area contributed by atoms with Crippen molar-refractivity contribution < 1.29 is 0 Å². The van der Waals surface area contributed by atoms with Gasteiger partial charge in [-0.3, -0.25) is 0 Å².